The number of aromatic nitrogens is 2. The number of carbonyl (C=O) groups excluding carboxylic acids is 1. The average Bonchev–Trinajstić information content (AvgIpc) is 2.81. The number of aliphatic carboxylic acids is 1. The summed E-state index contributed by atoms with van der Waals surface area (Å²) in [6.07, 6.45) is 3.31. The van der Waals surface area contributed by atoms with Crippen LogP contribution in [-0.4, -0.2) is 32.9 Å². The predicted molar refractivity (Wildman–Crippen MR) is 78.8 cm³/mol. The Kier molecular flexibility index (Phi) is 6.20. The predicted octanol–water partition coefficient (Wildman–Crippen LogP) is 1.28. The summed E-state index contributed by atoms with van der Waals surface area (Å²) in [6.45, 7) is 6.02. The standard InChI is InChI=1S/C14H24N4O3/c1-5-9(3)12(13(19)20)16-14(21)15-7-10-8-18(4)17-11(10)6-2/h8-9,12H,5-7H2,1-4H3,(H,19,20)(H2,15,16,21)/t9-,12-/m0/s1. The fourth-order valence-electron chi connectivity index (χ4n) is 2.08. The molecule has 0 unspecified atom stereocenters. The lowest BCUT2D eigenvalue weighted by molar-refractivity contribution is -0.140. The molecule has 0 fully saturated rings. The van der Waals surface area contributed by atoms with Crippen LogP contribution in [0.5, 0.6) is 0 Å². The van der Waals surface area contributed by atoms with Crippen molar-refractivity contribution in [1.29, 1.82) is 0 Å². The van der Waals surface area contributed by atoms with Gasteiger partial charge < -0.3 is 15.7 Å². The first-order valence-electron chi connectivity index (χ1n) is 7.17. The van der Waals surface area contributed by atoms with Crippen molar-refractivity contribution in [2.45, 2.75) is 46.2 Å². The number of carbonyl (C=O) groups is 2. The number of carboxylic acids is 1. The van der Waals surface area contributed by atoms with Crippen LogP contribution in [0, 0.1) is 5.92 Å². The minimum Gasteiger partial charge on any atom is -0.480 e. The Labute approximate surface area is 124 Å². The van der Waals surface area contributed by atoms with Crippen molar-refractivity contribution < 1.29 is 14.7 Å². The number of aryl methyl sites for hydroxylation is 2. The normalized spacial score (nSPS) is 13.5. The Morgan fingerprint density at radius 2 is 2.10 bits per heavy atom. The van der Waals surface area contributed by atoms with Gasteiger partial charge in [-0.2, -0.15) is 5.10 Å². The van der Waals surface area contributed by atoms with E-state index in [-0.39, 0.29) is 5.92 Å². The monoisotopic (exact) mass is 296 g/mol. The summed E-state index contributed by atoms with van der Waals surface area (Å²) >= 11 is 0. The van der Waals surface area contributed by atoms with Gasteiger partial charge in [-0.15, -0.1) is 0 Å². The molecule has 2 atom stereocenters. The zero-order valence-electron chi connectivity index (χ0n) is 13.0. The molecule has 0 aromatic carbocycles. The number of hydrogen-bond acceptors (Lipinski definition) is 3. The Balaban J connectivity index is 2.58. The van der Waals surface area contributed by atoms with Gasteiger partial charge in [0.2, 0.25) is 0 Å². The number of nitrogens with one attached hydrogen (secondary N) is 2. The van der Waals surface area contributed by atoms with E-state index in [0.717, 1.165) is 17.7 Å². The largest absolute Gasteiger partial charge is 0.480 e. The molecule has 0 aliphatic rings. The second kappa shape index (κ2) is 7.66. The van der Waals surface area contributed by atoms with Crippen molar-refractivity contribution >= 4 is 12.0 Å². The molecule has 0 saturated carbocycles. The molecule has 7 nitrogen and oxygen atoms in total. The van der Waals surface area contributed by atoms with Crippen LogP contribution in [0.15, 0.2) is 6.20 Å². The average molecular weight is 296 g/mol. The second-order valence-corrected chi connectivity index (χ2v) is 5.16. The van der Waals surface area contributed by atoms with Gasteiger partial charge >= 0.3 is 12.0 Å². The second-order valence-electron chi connectivity index (χ2n) is 5.16. The minimum absolute atomic E-state index is 0.127. The molecule has 118 valence electrons. The van der Waals surface area contributed by atoms with E-state index < -0.39 is 18.0 Å². The molecule has 21 heavy (non-hydrogen) atoms. The molecule has 1 heterocycles. The molecule has 1 aromatic heterocycles. The zero-order valence-corrected chi connectivity index (χ0v) is 13.0. The summed E-state index contributed by atoms with van der Waals surface area (Å²) in [5, 5.41) is 18.6. The van der Waals surface area contributed by atoms with Crippen LogP contribution in [0.4, 0.5) is 4.79 Å². The minimum atomic E-state index is -1.02. The molecule has 0 aliphatic heterocycles. The Morgan fingerprint density at radius 1 is 1.43 bits per heavy atom. The van der Waals surface area contributed by atoms with Crippen LogP contribution >= 0.6 is 0 Å². The molecule has 1 rings (SSSR count). The molecular formula is C14H24N4O3. The van der Waals surface area contributed by atoms with E-state index in [9.17, 15) is 9.59 Å². The first-order valence-corrected chi connectivity index (χ1v) is 7.17. The maximum atomic E-state index is 11.8. The summed E-state index contributed by atoms with van der Waals surface area (Å²) in [7, 11) is 1.83. The molecule has 7 heteroatoms. The van der Waals surface area contributed by atoms with Crippen molar-refractivity contribution in [2.24, 2.45) is 13.0 Å². The highest BCUT2D eigenvalue weighted by Crippen LogP contribution is 2.09. The van der Waals surface area contributed by atoms with Gasteiger partial charge in [0.05, 0.1) is 5.69 Å². The lowest BCUT2D eigenvalue weighted by Crippen LogP contribution is -2.48. The van der Waals surface area contributed by atoms with Gasteiger partial charge in [0, 0.05) is 25.4 Å². The van der Waals surface area contributed by atoms with Crippen molar-refractivity contribution in [1.82, 2.24) is 20.4 Å². The topological polar surface area (TPSA) is 96.3 Å². The van der Waals surface area contributed by atoms with E-state index in [2.05, 4.69) is 15.7 Å². The number of carboxylic acid groups (broad SMARTS) is 1. The van der Waals surface area contributed by atoms with Crippen LogP contribution in [-0.2, 0) is 24.8 Å². The van der Waals surface area contributed by atoms with E-state index in [1.165, 1.54) is 0 Å². The number of nitrogens with zero attached hydrogens (tertiary/aromatic N) is 2. The van der Waals surface area contributed by atoms with Crippen molar-refractivity contribution in [2.75, 3.05) is 0 Å². The van der Waals surface area contributed by atoms with Crippen LogP contribution in [0.2, 0.25) is 0 Å². The SMILES string of the molecule is CCc1nn(C)cc1CNC(=O)N[C@H](C(=O)O)[C@@H](C)CC. The highest BCUT2D eigenvalue weighted by molar-refractivity contribution is 5.82. The van der Waals surface area contributed by atoms with Crippen LogP contribution in [0.25, 0.3) is 0 Å². The lowest BCUT2D eigenvalue weighted by atomic mass is 9.99. The maximum Gasteiger partial charge on any atom is 0.326 e. The third-order valence-electron chi connectivity index (χ3n) is 3.53. The Morgan fingerprint density at radius 3 is 2.62 bits per heavy atom. The van der Waals surface area contributed by atoms with E-state index >= 15 is 0 Å². The molecule has 0 saturated heterocycles. The number of rotatable bonds is 7. The third kappa shape index (κ3) is 4.77. The van der Waals surface area contributed by atoms with Gasteiger partial charge in [-0.3, -0.25) is 4.68 Å². The number of urea groups is 1. The van der Waals surface area contributed by atoms with Gasteiger partial charge in [0.1, 0.15) is 6.04 Å². The van der Waals surface area contributed by atoms with Gasteiger partial charge in [-0.05, 0) is 12.3 Å². The van der Waals surface area contributed by atoms with Crippen LogP contribution in [0.1, 0.15) is 38.4 Å². The third-order valence-corrected chi connectivity index (χ3v) is 3.53. The molecule has 1 aromatic rings. The van der Waals surface area contributed by atoms with Gasteiger partial charge in [-0.25, -0.2) is 9.59 Å². The molecule has 2 amide bonds. The molecule has 0 aliphatic carbocycles. The summed E-state index contributed by atoms with van der Waals surface area (Å²) in [5.41, 5.74) is 1.86. The van der Waals surface area contributed by atoms with Gasteiger partial charge in [0.25, 0.3) is 0 Å². The van der Waals surface area contributed by atoms with Crippen LogP contribution in [0.3, 0.4) is 0 Å². The van der Waals surface area contributed by atoms with E-state index in [1.54, 1.807) is 11.6 Å². The van der Waals surface area contributed by atoms with Crippen molar-refractivity contribution in [3.8, 4) is 0 Å². The molecular weight excluding hydrogens is 272 g/mol. The molecule has 0 bridgehead atoms. The Hall–Kier alpha value is -2.05. The van der Waals surface area contributed by atoms with Gasteiger partial charge in [0.15, 0.2) is 0 Å². The highest BCUT2D eigenvalue weighted by Gasteiger charge is 2.25. The number of hydrogen-bond donors (Lipinski definition) is 3. The molecule has 0 spiro atoms. The van der Waals surface area contributed by atoms with E-state index in [0.29, 0.717) is 13.0 Å². The summed E-state index contributed by atoms with van der Waals surface area (Å²) in [4.78, 5) is 23.0. The molecule has 3 N–H and O–H groups in total. The smallest absolute Gasteiger partial charge is 0.326 e. The summed E-state index contributed by atoms with van der Waals surface area (Å²) < 4.78 is 1.70. The summed E-state index contributed by atoms with van der Waals surface area (Å²) in [6, 6.07) is -1.36. The van der Waals surface area contributed by atoms with Crippen LogP contribution < -0.4 is 10.6 Å². The first kappa shape index (κ1) is 17.0. The van der Waals surface area contributed by atoms with Gasteiger partial charge in [-0.1, -0.05) is 27.2 Å². The number of amides is 2. The van der Waals surface area contributed by atoms with E-state index in [4.69, 9.17) is 5.11 Å². The maximum absolute atomic E-state index is 11.8. The first-order chi connectivity index (χ1) is 9.88. The highest BCUT2D eigenvalue weighted by atomic mass is 16.4. The van der Waals surface area contributed by atoms with Crippen molar-refractivity contribution in [3.05, 3.63) is 17.5 Å². The summed E-state index contributed by atoms with van der Waals surface area (Å²) in [5.74, 6) is -1.15. The fraction of sp³-hybridized carbons (Fsp3) is 0.643. The lowest BCUT2D eigenvalue weighted by Gasteiger charge is -2.20. The Bertz CT molecular complexity index is 498. The van der Waals surface area contributed by atoms with Crippen molar-refractivity contribution in [3.63, 3.8) is 0 Å². The van der Waals surface area contributed by atoms with E-state index in [1.807, 2.05) is 27.1 Å². The quantitative estimate of drug-likeness (QED) is 0.706. The molecule has 0 radical (unpaired) electrons. The fourth-order valence-corrected chi connectivity index (χ4v) is 2.08. The zero-order chi connectivity index (χ0) is 16.0.